The standard InChI is InChI=1S/C9H14O2S2/c1-2-11-8(5-10)6-13-9-3-4-12-7-9/h3-4,7-8,10H,2,5-6H2,1H3. The van der Waals surface area contributed by atoms with Gasteiger partial charge >= 0.3 is 0 Å². The smallest absolute Gasteiger partial charge is 0.0899 e. The lowest BCUT2D eigenvalue weighted by atomic mass is 10.4. The van der Waals surface area contributed by atoms with Crippen LogP contribution in [0.15, 0.2) is 21.7 Å². The zero-order chi connectivity index (χ0) is 9.52. The fourth-order valence-corrected chi connectivity index (χ4v) is 2.70. The Morgan fingerprint density at radius 2 is 2.54 bits per heavy atom. The van der Waals surface area contributed by atoms with Gasteiger partial charge in [0.25, 0.3) is 0 Å². The summed E-state index contributed by atoms with van der Waals surface area (Å²) in [6, 6.07) is 2.08. The van der Waals surface area contributed by atoms with Gasteiger partial charge in [0.1, 0.15) is 0 Å². The molecule has 1 aromatic rings. The van der Waals surface area contributed by atoms with E-state index in [1.807, 2.05) is 6.92 Å². The van der Waals surface area contributed by atoms with E-state index in [4.69, 9.17) is 9.84 Å². The van der Waals surface area contributed by atoms with Gasteiger partial charge in [0.05, 0.1) is 12.7 Å². The Morgan fingerprint density at radius 1 is 1.69 bits per heavy atom. The molecule has 0 aliphatic rings. The summed E-state index contributed by atoms with van der Waals surface area (Å²) in [6.07, 6.45) is -0.0325. The van der Waals surface area contributed by atoms with Gasteiger partial charge in [0.2, 0.25) is 0 Å². The Hall–Kier alpha value is -0.0300. The molecule has 2 nitrogen and oxygen atoms in total. The minimum Gasteiger partial charge on any atom is -0.394 e. The second-order valence-corrected chi connectivity index (χ2v) is 4.40. The minimum absolute atomic E-state index is 0.0325. The number of rotatable bonds is 6. The van der Waals surface area contributed by atoms with Crippen LogP contribution in [-0.2, 0) is 4.74 Å². The normalized spacial score (nSPS) is 13.1. The zero-order valence-corrected chi connectivity index (χ0v) is 9.24. The average molecular weight is 218 g/mol. The van der Waals surface area contributed by atoms with Crippen molar-refractivity contribution in [2.45, 2.75) is 17.9 Å². The maximum absolute atomic E-state index is 8.95. The van der Waals surface area contributed by atoms with E-state index in [0.29, 0.717) is 6.61 Å². The van der Waals surface area contributed by atoms with Crippen molar-refractivity contribution in [1.82, 2.24) is 0 Å². The molecule has 0 bridgehead atoms. The first-order valence-electron chi connectivity index (χ1n) is 4.24. The van der Waals surface area contributed by atoms with E-state index in [1.54, 1.807) is 23.1 Å². The third-order valence-corrected chi connectivity index (χ3v) is 3.50. The van der Waals surface area contributed by atoms with E-state index in [1.165, 1.54) is 4.90 Å². The van der Waals surface area contributed by atoms with Gasteiger partial charge in [-0.25, -0.2) is 0 Å². The third-order valence-electron chi connectivity index (χ3n) is 1.54. The summed E-state index contributed by atoms with van der Waals surface area (Å²) in [5.74, 6) is 0.821. The number of thioether (sulfide) groups is 1. The summed E-state index contributed by atoms with van der Waals surface area (Å²) in [7, 11) is 0. The molecule has 74 valence electrons. The third kappa shape index (κ3) is 4.13. The highest BCUT2D eigenvalue weighted by atomic mass is 32.2. The second-order valence-electron chi connectivity index (χ2n) is 2.53. The molecular weight excluding hydrogens is 204 g/mol. The number of hydrogen-bond donors (Lipinski definition) is 1. The molecule has 4 heteroatoms. The fourth-order valence-electron chi connectivity index (χ4n) is 0.913. The molecule has 0 radical (unpaired) electrons. The number of thiophene rings is 1. The van der Waals surface area contributed by atoms with Crippen molar-refractivity contribution in [2.75, 3.05) is 19.0 Å². The van der Waals surface area contributed by atoms with Crippen LogP contribution in [0.5, 0.6) is 0 Å². The maximum Gasteiger partial charge on any atom is 0.0899 e. The number of hydrogen-bond acceptors (Lipinski definition) is 4. The fraction of sp³-hybridized carbons (Fsp3) is 0.556. The van der Waals surface area contributed by atoms with Gasteiger partial charge in [-0.15, -0.1) is 11.8 Å². The van der Waals surface area contributed by atoms with Crippen LogP contribution < -0.4 is 0 Å². The molecule has 1 atom stereocenters. The first kappa shape index (κ1) is 11.0. The van der Waals surface area contributed by atoms with Crippen molar-refractivity contribution in [3.63, 3.8) is 0 Å². The molecular formula is C9H14O2S2. The Morgan fingerprint density at radius 3 is 3.08 bits per heavy atom. The molecule has 0 amide bonds. The lowest BCUT2D eigenvalue weighted by Gasteiger charge is -2.12. The summed E-state index contributed by atoms with van der Waals surface area (Å²) in [4.78, 5) is 1.25. The van der Waals surface area contributed by atoms with Gasteiger partial charge in [-0.2, -0.15) is 11.3 Å². The molecule has 0 aromatic carbocycles. The van der Waals surface area contributed by atoms with Crippen LogP contribution >= 0.6 is 23.1 Å². The Balaban J connectivity index is 2.23. The van der Waals surface area contributed by atoms with Crippen molar-refractivity contribution in [3.8, 4) is 0 Å². The molecule has 0 saturated carbocycles. The van der Waals surface area contributed by atoms with E-state index < -0.39 is 0 Å². The largest absolute Gasteiger partial charge is 0.394 e. The highest BCUT2D eigenvalue weighted by Crippen LogP contribution is 2.21. The molecule has 1 N–H and O–H groups in total. The van der Waals surface area contributed by atoms with Gasteiger partial charge in [0, 0.05) is 22.6 Å². The highest BCUT2D eigenvalue weighted by molar-refractivity contribution is 7.99. The monoisotopic (exact) mass is 218 g/mol. The lowest BCUT2D eigenvalue weighted by Crippen LogP contribution is -2.20. The molecule has 0 saturated heterocycles. The van der Waals surface area contributed by atoms with Crippen LogP contribution in [0.3, 0.4) is 0 Å². The van der Waals surface area contributed by atoms with Gasteiger partial charge in [0.15, 0.2) is 0 Å². The Bertz CT molecular complexity index is 211. The first-order chi connectivity index (χ1) is 6.36. The van der Waals surface area contributed by atoms with E-state index in [0.717, 1.165) is 5.75 Å². The molecule has 13 heavy (non-hydrogen) atoms. The predicted octanol–water partition coefficient (Wildman–Crippen LogP) is 2.24. The predicted molar refractivity (Wildman–Crippen MR) is 57.5 cm³/mol. The zero-order valence-electron chi connectivity index (χ0n) is 7.60. The van der Waals surface area contributed by atoms with Crippen LogP contribution in [0.25, 0.3) is 0 Å². The SMILES string of the molecule is CCOC(CO)CSc1ccsc1. The molecule has 1 unspecified atom stereocenters. The number of aliphatic hydroxyl groups excluding tert-OH is 1. The number of ether oxygens (including phenoxy) is 1. The van der Waals surface area contributed by atoms with Crippen molar-refractivity contribution in [2.24, 2.45) is 0 Å². The topological polar surface area (TPSA) is 29.5 Å². The summed E-state index contributed by atoms with van der Waals surface area (Å²) in [6.45, 7) is 2.71. The molecule has 1 heterocycles. The summed E-state index contributed by atoms with van der Waals surface area (Å²) in [5.41, 5.74) is 0. The molecule has 0 aliphatic heterocycles. The van der Waals surface area contributed by atoms with Gasteiger partial charge in [-0.05, 0) is 18.4 Å². The summed E-state index contributed by atoms with van der Waals surface area (Å²) >= 11 is 3.41. The van der Waals surface area contributed by atoms with Gasteiger partial charge in [-0.1, -0.05) is 0 Å². The van der Waals surface area contributed by atoms with E-state index in [-0.39, 0.29) is 12.7 Å². The van der Waals surface area contributed by atoms with E-state index in [2.05, 4.69) is 16.8 Å². The Labute approximate surface area is 86.9 Å². The van der Waals surface area contributed by atoms with Crippen LogP contribution in [-0.4, -0.2) is 30.2 Å². The summed E-state index contributed by atoms with van der Waals surface area (Å²) < 4.78 is 5.32. The van der Waals surface area contributed by atoms with Crippen molar-refractivity contribution < 1.29 is 9.84 Å². The molecule has 1 rings (SSSR count). The number of aliphatic hydroxyl groups is 1. The maximum atomic E-state index is 8.95. The first-order valence-corrected chi connectivity index (χ1v) is 6.17. The van der Waals surface area contributed by atoms with Crippen molar-refractivity contribution in [3.05, 3.63) is 16.8 Å². The van der Waals surface area contributed by atoms with Crippen molar-refractivity contribution in [1.29, 1.82) is 0 Å². The molecule has 1 aromatic heterocycles. The Kier molecular flexibility index (Phi) is 5.46. The molecule has 0 fully saturated rings. The van der Waals surface area contributed by atoms with Crippen LogP contribution in [0.1, 0.15) is 6.92 Å². The van der Waals surface area contributed by atoms with Crippen LogP contribution in [0.4, 0.5) is 0 Å². The van der Waals surface area contributed by atoms with Crippen LogP contribution in [0, 0.1) is 0 Å². The minimum atomic E-state index is -0.0325. The summed E-state index contributed by atoms with van der Waals surface area (Å²) in [5, 5.41) is 13.1. The van der Waals surface area contributed by atoms with E-state index >= 15 is 0 Å². The molecule has 0 aliphatic carbocycles. The van der Waals surface area contributed by atoms with Crippen molar-refractivity contribution >= 4 is 23.1 Å². The molecule has 0 spiro atoms. The van der Waals surface area contributed by atoms with Crippen LogP contribution in [0.2, 0.25) is 0 Å². The van der Waals surface area contributed by atoms with Gasteiger partial charge < -0.3 is 9.84 Å². The van der Waals surface area contributed by atoms with Gasteiger partial charge in [-0.3, -0.25) is 0 Å². The highest BCUT2D eigenvalue weighted by Gasteiger charge is 2.07. The lowest BCUT2D eigenvalue weighted by molar-refractivity contribution is 0.0356. The average Bonchev–Trinajstić information content (AvgIpc) is 2.64. The second kappa shape index (κ2) is 6.43. The van der Waals surface area contributed by atoms with E-state index in [9.17, 15) is 0 Å². The quantitative estimate of drug-likeness (QED) is 0.743.